The highest BCUT2D eigenvalue weighted by Crippen LogP contribution is 2.39. The first kappa shape index (κ1) is 19.5. The number of pyridine rings is 1. The van der Waals surface area contributed by atoms with E-state index < -0.39 is 9.84 Å². The van der Waals surface area contributed by atoms with Crippen molar-refractivity contribution in [2.75, 3.05) is 12.4 Å². The number of rotatable bonds is 6. The van der Waals surface area contributed by atoms with Crippen molar-refractivity contribution in [3.63, 3.8) is 0 Å². The van der Waals surface area contributed by atoms with Crippen molar-refractivity contribution >= 4 is 31.8 Å². The van der Waals surface area contributed by atoms with Gasteiger partial charge in [0.1, 0.15) is 11.4 Å². The summed E-state index contributed by atoms with van der Waals surface area (Å²) < 4.78 is 30.7. The third-order valence-corrected chi connectivity index (χ3v) is 6.78. The van der Waals surface area contributed by atoms with Gasteiger partial charge in [-0.05, 0) is 60.4 Å². The molecule has 2 aromatic heterocycles. The van der Waals surface area contributed by atoms with E-state index in [0.29, 0.717) is 11.5 Å². The van der Waals surface area contributed by atoms with E-state index in [9.17, 15) is 8.42 Å². The smallest absolute Gasteiger partial charge is 0.178 e. The van der Waals surface area contributed by atoms with Crippen LogP contribution in [0.1, 0.15) is 25.8 Å². The summed E-state index contributed by atoms with van der Waals surface area (Å²) in [5.74, 6) is 0.852. The SMILES string of the molecule is CCCOc1ccc(-c2cccc(S(=O)(=O)CC)c2)c2c1[nH]c1ncc(C)cc12. The van der Waals surface area contributed by atoms with E-state index in [1.54, 1.807) is 25.1 Å². The number of aryl methyl sites for hydroxylation is 1. The average Bonchev–Trinajstić information content (AvgIpc) is 3.11. The fraction of sp³-hybridized carbons (Fsp3) is 0.261. The largest absolute Gasteiger partial charge is 0.491 e. The van der Waals surface area contributed by atoms with Crippen LogP contribution in [0.3, 0.4) is 0 Å². The molecule has 0 amide bonds. The molecule has 29 heavy (non-hydrogen) atoms. The molecule has 0 bridgehead atoms. The van der Waals surface area contributed by atoms with Gasteiger partial charge in [0.15, 0.2) is 9.84 Å². The molecule has 2 heterocycles. The molecule has 0 aliphatic heterocycles. The van der Waals surface area contributed by atoms with E-state index in [0.717, 1.165) is 50.8 Å². The predicted octanol–water partition coefficient (Wildman–Crippen LogP) is 5.27. The van der Waals surface area contributed by atoms with E-state index in [1.165, 1.54) is 0 Å². The molecular formula is C23H24N2O3S. The lowest BCUT2D eigenvalue weighted by Crippen LogP contribution is -2.03. The van der Waals surface area contributed by atoms with Crippen LogP contribution in [0.2, 0.25) is 0 Å². The van der Waals surface area contributed by atoms with Crippen molar-refractivity contribution in [3.05, 3.63) is 54.2 Å². The van der Waals surface area contributed by atoms with Crippen LogP contribution in [-0.2, 0) is 9.84 Å². The minimum absolute atomic E-state index is 0.0753. The second-order valence-electron chi connectivity index (χ2n) is 7.17. The number of nitrogens with zero attached hydrogens (tertiary/aromatic N) is 1. The number of fused-ring (bicyclic) bond motifs is 3. The van der Waals surface area contributed by atoms with Gasteiger partial charge in [0, 0.05) is 17.0 Å². The van der Waals surface area contributed by atoms with Crippen LogP contribution in [0.25, 0.3) is 33.1 Å². The molecule has 0 aliphatic rings. The number of ether oxygens (including phenoxy) is 1. The van der Waals surface area contributed by atoms with Crippen molar-refractivity contribution < 1.29 is 13.2 Å². The number of aromatic nitrogens is 2. The number of aromatic amines is 1. The van der Waals surface area contributed by atoms with Gasteiger partial charge in [-0.25, -0.2) is 13.4 Å². The van der Waals surface area contributed by atoms with Gasteiger partial charge in [0.25, 0.3) is 0 Å². The number of hydrogen-bond acceptors (Lipinski definition) is 4. The molecule has 2 aromatic carbocycles. The molecule has 4 aromatic rings. The van der Waals surface area contributed by atoms with Crippen molar-refractivity contribution in [2.45, 2.75) is 32.1 Å². The van der Waals surface area contributed by atoms with E-state index in [-0.39, 0.29) is 5.75 Å². The van der Waals surface area contributed by atoms with E-state index in [1.807, 2.05) is 31.3 Å². The zero-order valence-electron chi connectivity index (χ0n) is 16.8. The first-order chi connectivity index (χ1) is 13.9. The molecule has 0 aliphatic carbocycles. The van der Waals surface area contributed by atoms with Crippen LogP contribution in [0.4, 0.5) is 0 Å². The molecule has 4 rings (SSSR count). The van der Waals surface area contributed by atoms with Gasteiger partial charge in [-0.15, -0.1) is 0 Å². The predicted molar refractivity (Wildman–Crippen MR) is 117 cm³/mol. The van der Waals surface area contributed by atoms with Crippen LogP contribution < -0.4 is 4.74 Å². The van der Waals surface area contributed by atoms with E-state index >= 15 is 0 Å². The Balaban J connectivity index is 2.02. The van der Waals surface area contributed by atoms with Crippen LogP contribution in [0, 0.1) is 6.92 Å². The minimum Gasteiger partial charge on any atom is -0.491 e. The lowest BCUT2D eigenvalue weighted by molar-refractivity contribution is 0.320. The molecule has 0 saturated heterocycles. The quantitative estimate of drug-likeness (QED) is 0.471. The monoisotopic (exact) mass is 408 g/mol. The van der Waals surface area contributed by atoms with E-state index in [4.69, 9.17) is 4.74 Å². The highest BCUT2D eigenvalue weighted by atomic mass is 32.2. The molecule has 0 radical (unpaired) electrons. The zero-order chi connectivity index (χ0) is 20.6. The van der Waals surface area contributed by atoms with E-state index in [2.05, 4.69) is 23.0 Å². The molecule has 0 unspecified atom stereocenters. The van der Waals surface area contributed by atoms with Gasteiger partial charge in [-0.1, -0.05) is 26.0 Å². The Hall–Kier alpha value is -2.86. The summed E-state index contributed by atoms with van der Waals surface area (Å²) in [5.41, 5.74) is 4.54. The number of H-pyrrole nitrogens is 1. The minimum atomic E-state index is -3.28. The summed E-state index contributed by atoms with van der Waals surface area (Å²) in [4.78, 5) is 8.27. The molecule has 0 saturated carbocycles. The Bertz CT molecular complexity index is 1310. The Morgan fingerprint density at radius 3 is 2.69 bits per heavy atom. The average molecular weight is 409 g/mol. The number of sulfone groups is 1. The van der Waals surface area contributed by atoms with Crippen molar-refractivity contribution in [2.24, 2.45) is 0 Å². The number of nitrogens with one attached hydrogen (secondary N) is 1. The van der Waals surface area contributed by atoms with Gasteiger partial charge in [0.2, 0.25) is 0 Å². The lowest BCUT2D eigenvalue weighted by atomic mass is 9.99. The second-order valence-corrected chi connectivity index (χ2v) is 9.45. The number of hydrogen-bond donors (Lipinski definition) is 1. The summed E-state index contributed by atoms with van der Waals surface area (Å²) in [7, 11) is -3.28. The molecule has 0 spiro atoms. The van der Waals surface area contributed by atoms with Gasteiger partial charge in [-0.2, -0.15) is 0 Å². The van der Waals surface area contributed by atoms with Crippen molar-refractivity contribution in [3.8, 4) is 16.9 Å². The Kier molecular flexibility index (Phi) is 5.04. The van der Waals surface area contributed by atoms with Gasteiger partial charge >= 0.3 is 0 Å². The number of benzene rings is 2. The van der Waals surface area contributed by atoms with Gasteiger partial charge in [-0.3, -0.25) is 0 Å². The lowest BCUT2D eigenvalue weighted by Gasteiger charge is -2.11. The molecule has 150 valence electrons. The Morgan fingerprint density at radius 1 is 1.10 bits per heavy atom. The maximum atomic E-state index is 12.4. The summed E-state index contributed by atoms with van der Waals surface area (Å²) in [6.45, 7) is 6.37. The van der Waals surface area contributed by atoms with Crippen molar-refractivity contribution in [1.82, 2.24) is 9.97 Å². The summed E-state index contributed by atoms with van der Waals surface area (Å²) in [6, 6.07) is 13.2. The van der Waals surface area contributed by atoms with Crippen LogP contribution in [-0.4, -0.2) is 30.7 Å². The Morgan fingerprint density at radius 2 is 1.93 bits per heavy atom. The third kappa shape index (κ3) is 3.49. The first-order valence-corrected chi connectivity index (χ1v) is 11.5. The maximum absolute atomic E-state index is 12.4. The molecular weight excluding hydrogens is 384 g/mol. The molecule has 5 nitrogen and oxygen atoms in total. The fourth-order valence-electron chi connectivity index (χ4n) is 3.56. The Labute approximate surface area is 170 Å². The van der Waals surface area contributed by atoms with Crippen LogP contribution in [0.15, 0.2) is 53.6 Å². The summed E-state index contributed by atoms with van der Waals surface area (Å²) in [6.07, 6.45) is 2.75. The van der Waals surface area contributed by atoms with Crippen molar-refractivity contribution in [1.29, 1.82) is 0 Å². The third-order valence-electron chi connectivity index (χ3n) is 5.05. The van der Waals surface area contributed by atoms with Crippen LogP contribution >= 0.6 is 0 Å². The summed E-state index contributed by atoms with van der Waals surface area (Å²) in [5, 5.41) is 2.00. The molecule has 1 N–H and O–H groups in total. The van der Waals surface area contributed by atoms with Gasteiger partial charge in [0.05, 0.1) is 22.8 Å². The standard InChI is InChI=1S/C23H24N2O3S/c1-4-11-28-20-10-9-18(16-7-6-8-17(13-16)29(26,27)5-2)21-19-12-15(3)14-24-23(19)25-22(20)21/h6-10,12-14H,4-5,11H2,1-3H3,(H,24,25). The maximum Gasteiger partial charge on any atom is 0.178 e. The van der Waals surface area contributed by atoms with Crippen LogP contribution in [0.5, 0.6) is 5.75 Å². The zero-order valence-corrected chi connectivity index (χ0v) is 17.6. The molecule has 0 atom stereocenters. The topological polar surface area (TPSA) is 72.1 Å². The second kappa shape index (κ2) is 7.52. The normalized spacial score (nSPS) is 12.0. The highest BCUT2D eigenvalue weighted by molar-refractivity contribution is 7.91. The van der Waals surface area contributed by atoms with Gasteiger partial charge < -0.3 is 9.72 Å². The summed E-state index contributed by atoms with van der Waals surface area (Å²) >= 11 is 0. The molecule has 0 fully saturated rings. The fourth-order valence-corrected chi connectivity index (χ4v) is 4.49. The molecule has 6 heteroatoms. The highest BCUT2D eigenvalue weighted by Gasteiger charge is 2.18. The first-order valence-electron chi connectivity index (χ1n) is 9.81.